The lowest BCUT2D eigenvalue weighted by molar-refractivity contribution is -0.140. The summed E-state index contributed by atoms with van der Waals surface area (Å²) in [7, 11) is -2.27. The number of nitrogens with zero attached hydrogens (tertiary/aromatic N) is 1. The van der Waals surface area contributed by atoms with E-state index >= 15 is 0 Å². The molecule has 0 unspecified atom stereocenters. The first-order valence-electron chi connectivity index (χ1n) is 10.3. The number of methoxy groups -OCH3 is 1. The second-order valence-electron chi connectivity index (χ2n) is 8.97. The number of imidazole rings is 1. The number of hydrogen-bond donors (Lipinski definition) is 2. The highest BCUT2D eigenvalue weighted by molar-refractivity contribution is 7.90. The van der Waals surface area contributed by atoms with Gasteiger partial charge >= 0.3 is 6.18 Å². The third kappa shape index (κ3) is 5.09. The molecule has 0 spiro atoms. The molecule has 1 heterocycles. The number of aromatic amines is 1. The standard InChI is InChI=1S/C21H27F4N3O3S/c1-20(2,3)32(29,30)28-14-8-5-12(6-9-14)19-26-17(18(27-19)21(23,24)25)15-10-7-13(22)11-16(15)31-4/h7,10-12,14,28H,5-6,8-9H2,1-4H3,(H,26,27). The zero-order valence-corrected chi connectivity index (χ0v) is 19.1. The van der Waals surface area contributed by atoms with E-state index in [0.29, 0.717) is 25.7 Å². The maximum atomic E-state index is 13.7. The maximum absolute atomic E-state index is 13.7. The molecular formula is C21H27F4N3O3S. The Morgan fingerprint density at radius 3 is 2.28 bits per heavy atom. The highest BCUT2D eigenvalue weighted by atomic mass is 32.2. The summed E-state index contributed by atoms with van der Waals surface area (Å²) in [6.07, 6.45) is -2.78. The Labute approximate surface area is 184 Å². The Balaban J connectivity index is 1.85. The summed E-state index contributed by atoms with van der Waals surface area (Å²) < 4.78 is 86.3. The van der Waals surface area contributed by atoms with Gasteiger partial charge in [-0.2, -0.15) is 13.2 Å². The van der Waals surface area contributed by atoms with Crippen LogP contribution in [0.15, 0.2) is 18.2 Å². The van der Waals surface area contributed by atoms with Crippen LogP contribution in [-0.2, 0) is 16.2 Å². The molecule has 11 heteroatoms. The van der Waals surface area contributed by atoms with Gasteiger partial charge in [0.1, 0.15) is 28.8 Å². The minimum atomic E-state index is -4.69. The largest absolute Gasteiger partial charge is 0.496 e. The minimum Gasteiger partial charge on any atom is -0.496 e. The molecule has 0 bridgehead atoms. The first-order chi connectivity index (χ1) is 14.7. The van der Waals surface area contributed by atoms with Crippen LogP contribution in [0, 0.1) is 5.82 Å². The molecule has 6 nitrogen and oxygen atoms in total. The van der Waals surface area contributed by atoms with Crippen molar-refractivity contribution in [1.29, 1.82) is 0 Å². The van der Waals surface area contributed by atoms with E-state index in [1.54, 1.807) is 20.8 Å². The third-order valence-electron chi connectivity index (χ3n) is 5.67. The second kappa shape index (κ2) is 8.66. The Kier molecular flexibility index (Phi) is 6.63. The molecule has 3 rings (SSSR count). The monoisotopic (exact) mass is 477 g/mol. The minimum absolute atomic E-state index is 0.0374. The molecule has 1 saturated carbocycles. The van der Waals surface area contributed by atoms with Gasteiger partial charge in [0.15, 0.2) is 0 Å². The number of H-pyrrole nitrogens is 1. The van der Waals surface area contributed by atoms with E-state index in [1.807, 2.05) is 0 Å². The first-order valence-corrected chi connectivity index (χ1v) is 11.7. The van der Waals surface area contributed by atoms with Crippen molar-refractivity contribution in [2.45, 2.75) is 69.3 Å². The fourth-order valence-corrected chi connectivity index (χ4v) is 4.75. The SMILES string of the molecule is COc1cc(F)ccc1-c1nc(C2CCC(NS(=O)(=O)C(C)(C)C)CC2)[nH]c1C(F)(F)F. The molecule has 1 aliphatic carbocycles. The number of nitrogens with one attached hydrogen (secondary N) is 2. The molecule has 0 saturated heterocycles. The van der Waals surface area contributed by atoms with Gasteiger partial charge in [0.2, 0.25) is 10.0 Å². The van der Waals surface area contributed by atoms with Crippen LogP contribution in [0.5, 0.6) is 5.75 Å². The molecule has 32 heavy (non-hydrogen) atoms. The molecule has 1 aliphatic rings. The van der Waals surface area contributed by atoms with Gasteiger partial charge in [-0.1, -0.05) is 0 Å². The van der Waals surface area contributed by atoms with Crippen LogP contribution in [0.25, 0.3) is 11.3 Å². The van der Waals surface area contributed by atoms with Crippen molar-refractivity contribution >= 4 is 10.0 Å². The maximum Gasteiger partial charge on any atom is 0.433 e. The number of benzene rings is 1. The van der Waals surface area contributed by atoms with Crippen molar-refractivity contribution in [2.24, 2.45) is 0 Å². The van der Waals surface area contributed by atoms with Gasteiger partial charge in [0.25, 0.3) is 0 Å². The highest BCUT2D eigenvalue weighted by Crippen LogP contribution is 2.42. The van der Waals surface area contributed by atoms with E-state index in [-0.39, 0.29) is 34.8 Å². The predicted molar refractivity (Wildman–Crippen MR) is 112 cm³/mol. The summed E-state index contributed by atoms with van der Waals surface area (Å²) >= 11 is 0. The molecule has 1 aromatic carbocycles. The zero-order valence-electron chi connectivity index (χ0n) is 18.3. The van der Waals surface area contributed by atoms with Crippen LogP contribution < -0.4 is 9.46 Å². The number of hydrogen-bond acceptors (Lipinski definition) is 4. The predicted octanol–water partition coefficient (Wildman–Crippen LogP) is 4.99. The van der Waals surface area contributed by atoms with Crippen molar-refractivity contribution in [2.75, 3.05) is 7.11 Å². The van der Waals surface area contributed by atoms with Crippen molar-refractivity contribution in [1.82, 2.24) is 14.7 Å². The van der Waals surface area contributed by atoms with Crippen LogP contribution in [-0.4, -0.2) is 36.3 Å². The molecule has 0 radical (unpaired) electrons. The topological polar surface area (TPSA) is 84.1 Å². The van der Waals surface area contributed by atoms with E-state index in [9.17, 15) is 26.0 Å². The molecular weight excluding hydrogens is 450 g/mol. The Morgan fingerprint density at radius 2 is 1.75 bits per heavy atom. The summed E-state index contributed by atoms with van der Waals surface area (Å²) in [6.45, 7) is 4.81. The number of halogens is 4. The Bertz CT molecular complexity index is 1070. The van der Waals surface area contributed by atoms with Crippen molar-refractivity contribution < 1.29 is 30.7 Å². The van der Waals surface area contributed by atoms with Crippen LogP contribution in [0.3, 0.4) is 0 Å². The lowest BCUT2D eigenvalue weighted by Crippen LogP contribution is -2.45. The summed E-state index contributed by atoms with van der Waals surface area (Å²) in [6, 6.07) is 3.00. The van der Waals surface area contributed by atoms with Crippen LogP contribution in [0.2, 0.25) is 0 Å². The van der Waals surface area contributed by atoms with Crippen molar-refractivity contribution in [3.63, 3.8) is 0 Å². The fourth-order valence-electron chi connectivity index (χ4n) is 3.73. The summed E-state index contributed by atoms with van der Waals surface area (Å²) in [5.41, 5.74) is -1.33. The molecule has 178 valence electrons. The number of ether oxygens (including phenoxy) is 1. The van der Waals surface area contributed by atoms with Gasteiger partial charge in [-0.15, -0.1) is 0 Å². The van der Waals surface area contributed by atoms with E-state index in [1.165, 1.54) is 13.2 Å². The normalized spacial score (nSPS) is 20.4. The van der Waals surface area contributed by atoms with Gasteiger partial charge in [-0.3, -0.25) is 0 Å². The van der Waals surface area contributed by atoms with Gasteiger partial charge in [0.05, 0.1) is 11.9 Å². The van der Waals surface area contributed by atoms with Gasteiger partial charge < -0.3 is 9.72 Å². The van der Waals surface area contributed by atoms with Crippen LogP contribution >= 0.6 is 0 Å². The smallest absolute Gasteiger partial charge is 0.433 e. The number of rotatable bonds is 5. The zero-order chi connectivity index (χ0) is 23.9. The molecule has 2 N–H and O–H groups in total. The average molecular weight is 478 g/mol. The molecule has 0 aliphatic heterocycles. The third-order valence-corrected chi connectivity index (χ3v) is 7.92. The van der Waals surface area contributed by atoms with Gasteiger partial charge in [-0.05, 0) is 58.6 Å². The summed E-state index contributed by atoms with van der Waals surface area (Å²) in [5, 5.41) is 0. The number of aromatic nitrogens is 2. The summed E-state index contributed by atoms with van der Waals surface area (Å²) in [5.74, 6) is -0.790. The van der Waals surface area contributed by atoms with E-state index in [4.69, 9.17) is 4.74 Å². The van der Waals surface area contributed by atoms with E-state index < -0.39 is 32.5 Å². The Hall–Kier alpha value is -2.14. The quantitative estimate of drug-likeness (QED) is 0.595. The van der Waals surface area contributed by atoms with Crippen molar-refractivity contribution in [3.05, 3.63) is 35.5 Å². The Morgan fingerprint density at radius 1 is 1.12 bits per heavy atom. The van der Waals surface area contributed by atoms with Gasteiger partial charge in [-0.25, -0.2) is 22.5 Å². The van der Waals surface area contributed by atoms with E-state index in [0.717, 1.165) is 12.1 Å². The molecule has 2 aromatic rings. The van der Waals surface area contributed by atoms with Gasteiger partial charge in [0, 0.05) is 23.6 Å². The number of sulfonamides is 1. The van der Waals surface area contributed by atoms with Crippen molar-refractivity contribution in [3.8, 4) is 17.0 Å². The van der Waals surface area contributed by atoms with Crippen LogP contribution in [0.4, 0.5) is 17.6 Å². The highest BCUT2D eigenvalue weighted by Gasteiger charge is 2.39. The number of alkyl halides is 3. The molecule has 1 aromatic heterocycles. The fraction of sp³-hybridized carbons (Fsp3) is 0.571. The summed E-state index contributed by atoms with van der Waals surface area (Å²) in [4.78, 5) is 6.65. The second-order valence-corrected chi connectivity index (χ2v) is 11.4. The average Bonchev–Trinajstić information content (AvgIpc) is 3.13. The molecule has 0 atom stereocenters. The molecule has 1 fully saturated rings. The van der Waals surface area contributed by atoms with Crippen LogP contribution in [0.1, 0.15) is 63.9 Å². The van der Waals surface area contributed by atoms with E-state index in [2.05, 4.69) is 14.7 Å². The lowest BCUT2D eigenvalue weighted by atomic mass is 9.86. The lowest BCUT2D eigenvalue weighted by Gasteiger charge is -2.30. The first kappa shape index (κ1) is 24.5. The molecule has 0 amide bonds.